The second-order valence-corrected chi connectivity index (χ2v) is 7.34. The van der Waals surface area contributed by atoms with Crippen LogP contribution in [0.5, 0.6) is 0 Å². The zero-order valence-corrected chi connectivity index (χ0v) is 14.3. The highest BCUT2D eigenvalue weighted by atomic mass is 32.2. The van der Waals surface area contributed by atoms with Gasteiger partial charge in [-0.25, -0.2) is 0 Å². The van der Waals surface area contributed by atoms with Gasteiger partial charge in [-0.1, -0.05) is 17.7 Å². The van der Waals surface area contributed by atoms with Crippen molar-refractivity contribution >= 4 is 39.9 Å². The Kier molecular flexibility index (Phi) is 5.26. The molecule has 2 aromatic rings. The van der Waals surface area contributed by atoms with E-state index >= 15 is 0 Å². The van der Waals surface area contributed by atoms with Gasteiger partial charge in [0.1, 0.15) is 5.00 Å². The van der Waals surface area contributed by atoms with Gasteiger partial charge in [0.05, 0.1) is 10.8 Å². The van der Waals surface area contributed by atoms with Gasteiger partial charge >= 0.3 is 0 Å². The molecule has 22 heavy (non-hydrogen) atoms. The Morgan fingerprint density at radius 2 is 2.00 bits per heavy atom. The van der Waals surface area contributed by atoms with E-state index in [2.05, 4.69) is 17.4 Å². The highest BCUT2D eigenvalue weighted by Crippen LogP contribution is 2.29. The Morgan fingerprint density at radius 3 is 2.68 bits per heavy atom. The third-order valence-corrected chi connectivity index (χ3v) is 5.28. The van der Waals surface area contributed by atoms with Crippen LogP contribution in [0.1, 0.15) is 28.4 Å². The number of amides is 2. The fraction of sp³-hybridized carbons (Fsp3) is 0.250. The van der Waals surface area contributed by atoms with Gasteiger partial charge in [0.2, 0.25) is 5.91 Å². The Bertz CT molecular complexity index is 710. The molecule has 6 heteroatoms. The number of anilines is 1. The maximum atomic E-state index is 12.3. The normalized spacial score (nSPS) is 12.0. The lowest BCUT2D eigenvalue weighted by atomic mass is 10.2. The Morgan fingerprint density at radius 1 is 1.27 bits per heavy atom. The molecule has 1 unspecified atom stereocenters. The van der Waals surface area contributed by atoms with Crippen molar-refractivity contribution in [2.24, 2.45) is 5.73 Å². The zero-order chi connectivity index (χ0) is 16.3. The first-order valence-corrected chi connectivity index (χ1v) is 8.56. The summed E-state index contributed by atoms with van der Waals surface area (Å²) < 4.78 is 0. The number of aryl methyl sites for hydroxylation is 2. The zero-order valence-electron chi connectivity index (χ0n) is 12.7. The predicted molar refractivity (Wildman–Crippen MR) is 92.7 cm³/mol. The number of primary amides is 1. The molecule has 2 rings (SSSR count). The second-order valence-electron chi connectivity index (χ2n) is 5.05. The van der Waals surface area contributed by atoms with E-state index in [4.69, 9.17) is 5.73 Å². The lowest BCUT2D eigenvalue weighted by Crippen LogP contribution is -2.23. The van der Waals surface area contributed by atoms with E-state index in [-0.39, 0.29) is 11.2 Å². The van der Waals surface area contributed by atoms with Gasteiger partial charge in [-0.3, -0.25) is 9.59 Å². The fourth-order valence-corrected chi connectivity index (χ4v) is 3.74. The minimum absolute atomic E-state index is 0.143. The summed E-state index contributed by atoms with van der Waals surface area (Å²) in [6.07, 6.45) is 0. The quantitative estimate of drug-likeness (QED) is 0.821. The van der Waals surface area contributed by atoms with E-state index in [9.17, 15) is 9.59 Å². The van der Waals surface area contributed by atoms with Gasteiger partial charge in [-0.15, -0.1) is 23.1 Å². The topological polar surface area (TPSA) is 72.2 Å². The van der Waals surface area contributed by atoms with Crippen molar-refractivity contribution in [1.82, 2.24) is 0 Å². The van der Waals surface area contributed by atoms with Crippen LogP contribution in [-0.2, 0) is 4.79 Å². The molecule has 1 heterocycles. The molecule has 1 aromatic carbocycles. The fourth-order valence-electron chi connectivity index (χ4n) is 1.89. The first kappa shape index (κ1) is 16.6. The lowest BCUT2D eigenvalue weighted by Gasteiger charge is -2.13. The molecule has 0 saturated heterocycles. The second kappa shape index (κ2) is 6.98. The van der Waals surface area contributed by atoms with Crippen molar-refractivity contribution in [3.8, 4) is 0 Å². The number of hydrogen-bond acceptors (Lipinski definition) is 4. The summed E-state index contributed by atoms with van der Waals surface area (Å²) in [5.41, 5.74) is 7.94. The summed E-state index contributed by atoms with van der Waals surface area (Å²) in [6.45, 7) is 5.90. The number of nitrogens with two attached hydrogens (primary N) is 1. The minimum atomic E-state index is -0.536. The SMILES string of the molecule is Cc1ccc(C)c(SC(C)C(=O)Nc2sccc2C(N)=O)c1. The van der Waals surface area contributed by atoms with Gasteiger partial charge < -0.3 is 11.1 Å². The summed E-state index contributed by atoms with van der Waals surface area (Å²) in [6, 6.07) is 7.79. The Labute approximate surface area is 138 Å². The molecule has 116 valence electrons. The van der Waals surface area contributed by atoms with E-state index in [0.29, 0.717) is 10.6 Å². The van der Waals surface area contributed by atoms with E-state index in [1.54, 1.807) is 11.4 Å². The lowest BCUT2D eigenvalue weighted by molar-refractivity contribution is -0.115. The molecule has 2 amide bonds. The number of carbonyl (C=O) groups is 2. The number of nitrogens with one attached hydrogen (secondary N) is 1. The van der Waals surface area contributed by atoms with Crippen molar-refractivity contribution in [1.29, 1.82) is 0 Å². The molecule has 0 bridgehead atoms. The molecule has 4 nitrogen and oxygen atoms in total. The maximum absolute atomic E-state index is 12.3. The van der Waals surface area contributed by atoms with Gasteiger partial charge in [0.15, 0.2) is 0 Å². The summed E-state index contributed by atoms with van der Waals surface area (Å²) in [4.78, 5) is 24.7. The van der Waals surface area contributed by atoms with E-state index < -0.39 is 5.91 Å². The molecule has 1 aromatic heterocycles. The van der Waals surface area contributed by atoms with Crippen LogP contribution in [-0.4, -0.2) is 17.1 Å². The third kappa shape index (κ3) is 3.90. The number of carbonyl (C=O) groups excluding carboxylic acids is 2. The van der Waals surface area contributed by atoms with Gasteiger partial charge in [0.25, 0.3) is 5.91 Å². The molecule has 3 N–H and O–H groups in total. The van der Waals surface area contributed by atoms with E-state index in [1.807, 2.05) is 26.8 Å². The molecule has 0 saturated carbocycles. The molecule has 0 aliphatic carbocycles. The van der Waals surface area contributed by atoms with Crippen molar-refractivity contribution < 1.29 is 9.59 Å². The first-order chi connectivity index (χ1) is 10.4. The predicted octanol–water partition coefficient (Wildman–Crippen LogP) is 3.58. The molecular weight excluding hydrogens is 316 g/mol. The standard InChI is InChI=1S/C16H18N2O2S2/c1-9-4-5-10(2)13(8-9)22-11(3)15(20)18-16-12(14(17)19)6-7-21-16/h4-8,11H,1-3H3,(H2,17,19)(H,18,20). The van der Waals surface area contributed by atoms with E-state index in [1.165, 1.54) is 23.1 Å². The minimum Gasteiger partial charge on any atom is -0.366 e. The molecule has 0 spiro atoms. The third-order valence-electron chi connectivity index (χ3n) is 3.18. The van der Waals surface area contributed by atoms with Crippen molar-refractivity contribution in [2.45, 2.75) is 30.9 Å². The van der Waals surface area contributed by atoms with Crippen molar-refractivity contribution in [2.75, 3.05) is 5.32 Å². The van der Waals surface area contributed by atoms with Gasteiger partial charge in [-0.2, -0.15) is 0 Å². The van der Waals surface area contributed by atoms with Crippen LogP contribution in [0.25, 0.3) is 0 Å². The Balaban J connectivity index is 2.08. The van der Waals surface area contributed by atoms with E-state index in [0.717, 1.165) is 16.0 Å². The molecular formula is C16H18N2O2S2. The monoisotopic (exact) mass is 334 g/mol. The molecule has 0 fully saturated rings. The number of rotatable bonds is 5. The van der Waals surface area contributed by atoms with Crippen LogP contribution in [0, 0.1) is 13.8 Å². The van der Waals surface area contributed by atoms with Crippen LogP contribution >= 0.6 is 23.1 Å². The Hall–Kier alpha value is -1.79. The highest BCUT2D eigenvalue weighted by molar-refractivity contribution is 8.00. The summed E-state index contributed by atoms with van der Waals surface area (Å²) in [5, 5.41) is 4.75. The summed E-state index contributed by atoms with van der Waals surface area (Å²) in [7, 11) is 0. The van der Waals surface area contributed by atoms with Gasteiger partial charge in [0, 0.05) is 4.90 Å². The summed E-state index contributed by atoms with van der Waals surface area (Å²) in [5.74, 6) is -0.678. The largest absolute Gasteiger partial charge is 0.366 e. The van der Waals surface area contributed by atoms with Crippen LogP contribution in [0.4, 0.5) is 5.00 Å². The summed E-state index contributed by atoms with van der Waals surface area (Å²) >= 11 is 2.80. The average molecular weight is 334 g/mol. The number of thioether (sulfide) groups is 1. The van der Waals surface area contributed by atoms with Crippen LogP contribution in [0.15, 0.2) is 34.5 Å². The highest BCUT2D eigenvalue weighted by Gasteiger charge is 2.19. The average Bonchev–Trinajstić information content (AvgIpc) is 2.91. The smallest absolute Gasteiger partial charge is 0.251 e. The number of thiophene rings is 1. The van der Waals surface area contributed by atoms with Crippen LogP contribution in [0.3, 0.4) is 0 Å². The molecule has 0 aliphatic rings. The van der Waals surface area contributed by atoms with Crippen molar-refractivity contribution in [3.63, 3.8) is 0 Å². The van der Waals surface area contributed by atoms with Gasteiger partial charge in [-0.05, 0) is 43.8 Å². The molecule has 1 atom stereocenters. The molecule has 0 radical (unpaired) electrons. The number of hydrogen-bond donors (Lipinski definition) is 2. The van der Waals surface area contributed by atoms with Crippen molar-refractivity contribution in [3.05, 3.63) is 46.3 Å². The maximum Gasteiger partial charge on any atom is 0.251 e. The van der Waals surface area contributed by atoms with Crippen LogP contribution < -0.4 is 11.1 Å². The molecule has 0 aliphatic heterocycles. The first-order valence-electron chi connectivity index (χ1n) is 6.80. The number of benzene rings is 1. The van der Waals surface area contributed by atoms with Crippen LogP contribution in [0.2, 0.25) is 0 Å².